The number of benzene rings is 2. The normalized spacial score (nSPS) is 29.7. The van der Waals surface area contributed by atoms with Crippen LogP contribution in [0.25, 0.3) is 0 Å². The number of nitrogens with zero attached hydrogens (tertiary/aromatic N) is 1. The van der Waals surface area contributed by atoms with Gasteiger partial charge in [-0.2, -0.15) is 0 Å². The van der Waals surface area contributed by atoms with E-state index in [2.05, 4.69) is 55.1 Å². The molecule has 0 bridgehead atoms. The topological polar surface area (TPSA) is 23.5 Å². The van der Waals surface area contributed by atoms with Gasteiger partial charge >= 0.3 is 0 Å². The van der Waals surface area contributed by atoms with Gasteiger partial charge in [-0.1, -0.05) is 55.8 Å². The summed E-state index contributed by atoms with van der Waals surface area (Å²) < 4.78 is 0. The molecule has 3 aliphatic rings. The van der Waals surface area contributed by atoms with Crippen LogP contribution in [0, 0.1) is 5.92 Å². The van der Waals surface area contributed by atoms with Crippen molar-refractivity contribution in [3.8, 4) is 0 Å². The Labute approximate surface area is 167 Å². The number of piperidine rings is 1. The van der Waals surface area contributed by atoms with Crippen molar-refractivity contribution in [2.75, 3.05) is 13.1 Å². The predicted molar refractivity (Wildman–Crippen MR) is 110 cm³/mol. The first-order chi connectivity index (χ1) is 13.0. The second-order valence-corrected chi connectivity index (χ2v) is 9.41. The van der Waals surface area contributed by atoms with Gasteiger partial charge in [-0.3, -0.25) is 4.90 Å². The Morgan fingerprint density at radius 3 is 2.74 bits per heavy atom. The van der Waals surface area contributed by atoms with E-state index in [1.807, 2.05) is 0 Å². The molecule has 2 aromatic rings. The van der Waals surface area contributed by atoms with Crippen LogP contribution in [0.3, 0.4) is 0 Å². The van der Waals surface area contributed by atoms with E-state index < -0.39 is 5.60 Å². The smallest absolute Gasteiger partial charge is 0.0700 e. The lowest BCUT2D eigenvalue weighted by atomic mass is 9.71. The molecule has 1 saturated heterocycles. The van der Waals surface area contributed by atoms with Crippen LogP contribution in [0.5, 0.6) is 0 Å². The maximum absolute atomic E-state index is 11.2. The monoisotopic (exact) mass is 381 g/mol. The minimum absolute atomic E-state index is 0.281. The molecule has 2 aliphatic heterocycles. The van der Waals surface area contributed by atoms with E-state index in [0.717, 1.165) is 43.8 Å². The molecule has 1 N–H and O–H groups in total. The lowest BCUT2D eigenvalue weighted by Gasteiger charge is -2.50. The van der Waals surface area contributed by atoms with Crippen LogP contribution in [0.4, 0.5) is 0 Å². The fraction of sp³-hybridized carbons (Fsp3) is 0.500. The number of hydrogen-bond acceptors (Lipinski definition) is 2. The van der Waals surface area contributed by atoms with Gasteiger partial charge in [-0.15, -0.1) is 0 Å². The molecule has 0 saturated carbocycles. The van der Waals surface area contributed by atoms with Crippen LogP contribution in [0.15, 0.2) is 36.4 Å². The molecule has 142 valence electrons. The fourth-order valence-corrected chi connectivity index (χ4v) is 5.92. The molecule has 5 rings (SSSR count). The van der Waals surface area contributed by atoms with Crippen molar-refractivity contribution in [1.29, 1.82) is 0 Å². The van der Waals surface area contributed by atoms with Gasteiger partial charge in [0.25, 0.3) is 0 Å². The van der Waals surface area contributed by atoms with Crippen molar-refractivity contribution in [2.45, 2.75) is 57.1 Å². The standard InChI is InChI=1S/C24H28ClNO/c1-15(2)24(27)11-12-26-14-20-17-6-4-3-5-16(17)7-8-18-21(25)10-9-19(23(18)20)22(26)13-24/h3-6,9-10,15,20,22,27H,7-8,11-14H2,1-2H3/t20-,22-,24-/m1/s1. The molecular formula is C24H28ClNO. The summed E-state index contributed by atoms with van der Waals surface area (Å²) >= 11 is 6.69. The van der Waals surface area contributed by atoms with Gasteiger partial charge in [0.1, 0.15) is 0 Å². The van der Waals surface area contributed by atoms with E-state index in [1.54, 1.807) is 0 Å². The van der Waals surface area contributed by atoms with Crippen molar-refractivity contribution >= 4 is 11.6 Å². The number of halogens is 1. The van der Waals surface area contributed by atoms with Gasteiger partial charge in [0.15, 0.2) is 0 Å². The maximum atomic E-state index is 11.2. The molecule has 2 nitrogen and oxygen atoms in total. The highest BCUT2D eigenvalue weighted by molar-refractivity contribution is 6.31. The van der Waals surface area contributed by atoms with Gasteiger partial charge in [-0.05, 0) is 65.5 Å². The van der Waals surface area contributed by atoms with Crippen LogP contribution in [0.1, 0.15) is 66.5 Å². The first-order valence-corrected chi connectivity index (χ1v) is 10.7. The molecule has 27 heavy (non-hydrogen) atoms. The SMILES string of the molecule is CC(C)[C@@]1(O)CCN2C[C@@H]3c4ccccc4CCc4c(Cl)ccc(c43)[C@H]2C1. The number of hydrogen-bond donors (Lipinski definition) is 1. The maximum Gasteiger partial charge on any atom is 0.0700 e. The summed E-state index contributed by atoms with van der Waals surface area (Å²) in [7, 11) is 0. The Bertz CT molecular complexity index is 892. The Balaban J connectivity index is 1.68. The third-order valence-electron chi connectivity index (χ3n) is 7.43. The highest BCUT2D eigenvalue weighted by Crippen LogP contribution is 2.50. The third-order valence-corrected chi connectivity index (χ3v) is 7.78. The molecule has 2 aromatic carbocycles. The first-order valence-electron chi connectivity index (χ1n) is 10.3. The minimum atomic E-state index is -0.566. The molecule has 1 aliphatic carbocycles. The van der Waals surface area contributed by atoms with Crippen molar-refractivity contribution in [1.82, 2.24) is 4.90 Å². The molecule has 0 radical (unpaired) electrons. The Morgan fingerprint density at radius 1 is 1.11 bits per heavy atom. The predicted octanol–water partition coefficient (Wildman–Crippen LogP) is 5.11. The molecule has 0 aromatic heterocycles. The van der Waals surface area contributed by atoms with E-state index >= 15 is 0 Å². The molecule has 2 heterocycles. The lowest BCUT2D eigenvalue weighted by Crippen LogP contribution is -2.51. The zero-order valence-corrected chi connectivity index (χ0v) is 17.0. The van der Waals surface area contributed by atoms with E-state index in [9.17, 15) is 5.11 Å². The summed E-state index contributed by atoms with van der Waals surface area (Å²) in [5.74, 6) is 0.679. The van der Waals surface area contributed by atoms with Crippen molar-refractivity contribution in [2.24, 2.45) is 5.92 Å². The number of fused-ring (bicyclic) bond motifs is 4. The average molecular weight is 382 g/mol. The van der Waals surface area contributed by atoms with Gasteiger partial charge in [0.2, 0.25) is 0 Å². The van der Waals surface area contributed by atoms with Gasteiger partial charge in [-0.25, -0.2) is 0 Å². The largest absolute Gasteiger partial charge is 0.390 e. The Kier molecular flexibility index (Phi) is 4.16. The summed E-state index contributed by atoms with van der Waals surface area (Å²) in [4.78, 5) is 2.61. The number of aliphatic hydroxyl groups is 1. The molecule has 0 unspecified atom stereocenters. The summed E-state index contributed by atoms with van der Waals surface area (Å²) in [5.41, 5.74) is 6.58. The molecule has 3 heteroatoms. The van der Waals surface area contributed by atoms with Gasteiger partial charge in [0, 0.05) is 30.1 Å². The quantitative estimate of drug-likeness (QED) is 0.742. The second-order valence-electron chi connectivity index (χ2n) is 9.00. The van der Waals surface area contributed by atoms with Crippen LogP contribution < -0.4 is 0 Å². The second kappa shape index (κ2) is 6.34. The van der Waals surface area contributed by atoms with Crippen molar-refractivity contribution < 1.29 is 5.11 Å². The minimum Gasteiger partial charge on any atom is -0.390 e. The summed E-state index contributed by atoms with van der Waals surface area (Å²) in [6.45, 7) is 6.31. The Morgan fingerprint density at radius 2 is 1.93 bits per heavy atom. The van der Waals surface area contributed by atoms with Gasteiger partial charge in [0.05, 0.1) is 5.60 Å². The van der Waals surface area contributed by atoms with Crippen molar-refractivity contribution in [3.05, 3.63) is 69.2 Å². The number of rotatable bonds is 1. The van der Waals surface area contributed by atoms with Crippen molar-refractivity contribution in [3.63, 3.8) is 0 Å². The molecule has 0 spiro atoms. The van der Waals surface area contributed by atoms with E-state index in [1.165, 1.54) is 27.8 Å². The Hall–Kier alpha value is -1.35. The van der Waals surface area contributed by atoms with Crippen LogP contribution >= 0.6 is 11.6 Å². The third kappa shape index (κ3) is 2.68. The molecule has 3 atom stereocenters. The highest BCUT2D eigenvalue weighted by Gasteiger charge is 2.46. The highest BCUT2D eigenvalue weighted by atomic mass is 35.5. The van der Waals surface area contributed by atoms with Crippen LogP contribution in [0.2, 0.25) is 5.02 Å². The zero-order valence-electron chi connectivity index (χ0n) is 16.2. The average Bonchev–Trinajstić information content (AvgIpc) is 2.83. The first kappa shape index (κ1) is 17.7. The van der Waals surface area contributed by atoms with E-state index in [4.69, 9.17) is 11.6 Å². The van der Waals surface area contributed by atoms with E-state index in [0.29, 0.717) is 12.0 Å². The molecular weight excluding hydrogens is 354 g/mol. The van der Waals surface area contributed by atoms with Crippen LogP contribution in [-0.2, 0) is 12.8 Å². The van der Waals surface area contributed by atoms with Gasteiger partial charge < -0.3 is 5.11 Å². The van der Waals surface area contributed by atoms with Crippen LogP contribution in [-0.4, -0.2) is 28.7 Å². The zero-order chi connectivity index (χ0) is 18.8. The fourth-order valence-electron chi connectivity index (χ4n) is 5.66. The number of aryl methyl sites for hydroxylation is 1. The molecule has 1 fully saturated rings. The summed E-state index contributed by atoms with van der Waals surface area (Å²) in [5, 5.41) is 12.1. The summed E-state index contributed by atoms with van der Waals surface area (Å²) in [6, 6.07) is 13.6. The molecule has 0 amide bonds. The lowest BCUT2D eigenvalue weighted by molar-refractivity contribution is -0.0822. The van der Waals surface area contributed by atoms with E-state index in [-0.39, 0.29) is 5.92 Å². The summed E-state index contributed by atoms with van der Waals surface area (Å²) in [6.07, 6.45) is 3.76.